The molecule has 1 heterocycles. The van der Waals surface area contributed by atoms with Crippen molar-refractivity contribution in [1.82, 2.24) is 0 Å². The third-order valence-corrected chi connectivity index (χ3v) is 3.08. The van der Waals surface area contributed by atoms with Gasteiger partial charge in [0.1, 0.15) is 0 Å². The Morgan fingerprint density at radius 1 is 1.53 bits per heavy atom. The van der Waals surface area contributed by atoms with Crippen LogP contribution in [0.4, 0.5) is 5.69 Å². The molecule has 0 fully saturated rings. The second kappa shape index (κ2) is 4.21. The molecule has 3 N–H and O–H groups in total. The highest BCUT2D eigenvalue weighted by atomic mass is 16.3. The highest BCUT2D eigenvalue weighted by Crippen LogP contribution is 2.28. The fourth-order valence-electron chi connectivity index (χ4n) is 2.14. The first kappa shape index (κ1) is 10.5. The van der Waals surface area contributed by atoms with Crippen LogP contribution in [0.25, 0.3) is 0 Å². The molecule has 0 unspecified atom stereocenters. The molecule has 0 radical (unpaired) electrons. The number of nitrogens with zero attached hydrogens (tertiary/aromatic N) is 1. The summed E-state index contributed by atoms with van der Waals surface area (Å²) in [6.07, 6.45) is 2.31. The van der Waals surface area contributed by atoms with Gasteiger partial charge in [0, 0.05) is 19.3 Å². The van der Waals surface area contributed by atoms with Gasteiger partial charge in [-0.15, -0.1) is 0 Å². The third-order valence-electron chi connectivity index (χ3n) is 3.08. The lowest BCUT2D eigenvalue weighted by molar-refractivity contribution is 0.268. The van der Waals surface area contributed by atoms with Crippen LogP contribution in [0.1, 0.15) is 23.6 Å². The van der Waals surface area contributed by atoms with Crippen LogP contribution >= 0.6 is 0 Å². The molecule has 2 rings (SSSR count). The van der Waals surface area contributed by atoms with Crippen molar-refractivity contribution in [1.29, 1.82) is 0 Å². The zero-order valence-corrected chi connectivity index (χ0v) is 9.11. The van der Waals surface area contributed by atoms with Gasteiger partial charge in [0.05, 0.1) is 12.6 Å². The molecule has 1 atom stereocenters. The molecule has 0 amide bonds. The smallest absolute Gasteiger partial charge is 0.0624 e. The minimum atomic E-state index is -0.248. The Hall–Kier alpha value is -1.06. The first-order valence-electron chi connectivity index (χ1n) is 5.43. The average Bonchev–Trinajstić information content (AvgIpc) is 2.28. The number of fused-ring (bicyclic) bond motifs is 1. The van der Waals surface area contributed by atoms with Crippen LogP contribution in [0.15, 0.2) is 18.2 Å². The standard InChI is InChI=1S/C12H18N2O/c1-14-6-2-3-10-7-9(11(13)8-15)4-5-12(10)14/h4-5,7,11,15H,2-3,6,8,13H2,1H3/t11-/m0/s1. The number of aliphatic hydroxyl groups excluding tert-OH is 1. The lowest BCUT2D eigenvalue weighted by atomic mass is 9.97. The number of nitrogens with two attached hydrogens (primary N) is 1. The molecule has 3 heteroatoms. The maximum atomic E-state index is 9.01. The normalized spacial score (nSPS) is 17.4. The van der Waals surface area contributed by atoms with Gasteiger partial charge < -0.3 is 15.7 Å². The summed E-state index contributed by atoms with van der Waals surface area (Å²) in [5, 5.41) is 9.01. The van der Waals surface area contributed by atoms with E-state index in [0.29, 0.717) is 0 Å². The summed E-state index contributed by atoms with van der Waals surface area (Å²) in [5.74, 6) is 0. The molecule has 1 aliphatic rings. The van der Waals surface area contributed by atoms with Crippen molar-refractivity contribution >= 4 is 5.69 Å². The minimum Gasteiger partial charge on any atom is -0.394 e. The van der Waals surface area contributed by atoms with E-state index >= 15 is 0 Å². The van der Waals surface area contributed by atoms with Crippen LogP contribution in [-0.4, -0.2) is 25.3 Å². The Morgan fingerprint density at radius 2 is 2.33 bits per heavy atom. The molecule has 0 spiro atoms. The van der Waals surface area contributed by atoms with Crippen molar-refractivity contribution in [3.8, 4) is 0 Å². The SMILES string of the molecule is CN1CCCc2cc([C@@H](N)CO)ccc21. The molecule has 15 heavy (non-hydrogen) atoms. The highest BCUT2D eigenvalue weighted by Gasteiger charge is 2.15. The molecule has 0 aromatic heterocycles. The molecule has 1 aromatic rings. The van der Waals surface area contributed by atoms with Gasteiger partial charge in [-0.2, -0.15) is 0 Å². The second-order valence-corrected chi connectivity index (χ2v) is 4.20. The van der Waals surface area contributed by atoms with Gasteiger partial charge in [-0.05, 0) is 30.0 Å². The van der Waals surface area contributed by atoms with E-state index in [9.17, 15) is 0 Å². The van der Waals surface area contributed by atoms with E-state index in [1.54, 1.807) is 0 Å². The number of rotatable bonds is 2. The molecule has 1 aromatic carbocycles. The number of hydrogen-bond acceptors (Lipinski definition) is 3. The maximum Gasteiger partial charge on any atom is 0.0624 e. The van der Waals surface area contributed by atoms with Gasteiger partial charge in [0.15, 0.2) is 0 Å². The van der Waals surface area contributed by atoms with Gasteiger partial charge in [0.2, 0.25) is 0 Å². The van der Waals surface area contributed by atoms with E-state index in [1.165, 1.54) is 17.7 Å². The van der Waals surface area contributed by atoms with Gasteiger partial charge in [-0.3, -0.25) is 0 Å². The van der Waals surface area contributed by atoms with Crippen molar-refractivity contribution < 1.29 is 5.11 Å². The largest absolute Gasteiger partial charge is 0.394 e. The van der Waals surface area contributed by atoms with Crippen LogP contribution in [0, 0.1) is 0 Å². The van der Waals surface area contributed by atoms with E-state index in [2.05, 4.69) is 24.1 Å². The predicted octanol–water partition coefficient (Wildman–Crippen LogP) is 1.06. The molecule has 3 nitrogen and oxygen atoms in total. The summed E-state index contributed by atoms with van der Waals surface area (Å²) >= 11 is 0. The van der Waals surface area contributed by atoms with E-state index in [1.807, 2.05) is 6.07 Å². The summed E-state index contributed by atoms with van der Waals surface area (Å²) in [4.78, 5) is 2.27. The van der Waals surface area contributed by atoms with Gasteiger partial charge in [-0.25, -0.2) is 0 Å². The van der Waals surface area contributed by atoms with Crippen molar-refractivity contribution in [2.24, 2.45) is 5.73 Å². The Balaban J connectivity index is 2.33. The molecule has 0 bridgehead atoms. The lowest BCUT2D eigenvalue weighted by Crippen LogP contribution is -2.25. The van der Waals surface area contributed by atoms with Gasteiger partial charge >= 0.3 is 0 Å². The topological polar surface area (TPSA) is 49.5 Å². The molecule has 1 aliphatic heterocycles. The number of anilines is 1. The molecule has 0 aliphatic carbocycles. The molecular formula is C12H18N2O. The quantitative estimate of drug-likeness (QED) is 0.760. The summed E-state index contributed by atoms with van der Waals surface area (Å²) in [7, 11) is 2.11. The Kier molecular flexibility index (Phi) is 2.93. The van der Waals surface area contributed by atoms with Gasteiger partial charge in [0.25, 0.3) is 0 Å². The fourth-order valence-corrected chi connectivity index (χ4v) is 2.14. The van der Waals surface area contributed by atoms with Crippen LogP contribution < -0.4 is 10.6 Å². The molecule has 0 saturated heterocycles. The maximum absolute atomic E-state index is 9.01. The first-order chi connectivity index (χ1) is 7.22. The van der Waals surface area contributed by atoms with E-state index < -0.39 is 0 Å². The fraction of sp³-hybridized carbons (Fsp3) is 0.500. The molecular weight excluding hydrogens is 188 g/mol. The van der Waals surface area contributed by atoms with E-state index in [0.717, 1.165) is 18.5 Å². The van der Waals surface area contributed by atoms with Crippen molar-refractivity contribution in [3.63, 3.8) is 0 Å². The van der Waals surface area contributed by atoms with Crippen LogP contribution in [0.3, 0.4) is 0 Å². The van der Waals surface area contributed by atoms with Crippen molar-refractivity contribution in [2.45, 2.75) is 18.9 Å². The highest BCUT2D eigenvalue weighted by molar-refractivity contribution is 5.56. The Morgan fingerprint density at radius 3 is 3.07 bits per heavy atom. The Labute approximate surface area is 90.5 Å². The van der Waals surface area contributed by atoms with E-state index in [-0.39, 0.29) is 12.6 Å². The van der Waals surface area contributed by atoms with Crippen LogP contribution in [-0.2, 0) is 6.42 Å². The molecule has 0 saturated carbocycles. The number of aryl methyl sites for hydroxylation is 1. The lowest BCUT2D eigenvalue weighted by Gasteiger charge is -2.28. The minimum absolute atomic E-state index is 0.00856. The second-order valence-electron chi connectivity index (χ2n) is 4.20. The number of benzene rings is 1. The zero-order valence-electron chi connectivity index (χ0n) is 9.11. The number of aliphatic hydroxyl groups is 1. The van der Waals surface area contributed by atoms with E-state index in [4.69, 9.17) is 10.8 Å². The molecule has 82 valence electrons. The van der Waals surface area contributed by atoms with Crippen LogP contribution in [0.5, 0.6) is 0 Å². The Bertz CT molecular complexity index is 351. The summed E-state index contributed by atoms with van der Waals surface area (Å²) in [5.41, 5.74) is 9.49. The van der Waals surface area contributed by atoms with Crippen molar-refractivity contribution in [2.75, 3.05) is 25.1 Å². The summed E-state index contributed by atoms with van der Waals surface area (Å²) in [6.45, 7) is 1.13. The third kappa shape index (κ3) is 1.98. The predicted molar refractivity (Wildman–Crippen MR) is 62.0 cm³/mol. The van der Waals surface area contributed by atoms with Crippen LogP contribution in [0.2, 0.25) is 0 Å². The first-order valence-corrected chi connectivity index (χ1v) is 5.43. The number of hydrogen-bond donors (Lipinski definition) is 2. The van der Waals surface area contributed by atoms with Gasteiger partial charge in [-0.1, -0.05) is 12.1 Å². The summed E-state index contributed by atoms with van der Waals surface area (Å²) < 4.78 is 0. The monoisotopic (exact) mass is 206 g/mol. The van der Waals surface area contributed by atoms with Crippen molar-refractivity contribution in [3.05, 3.63) is 29.3 Å². The summed E-state index contributed by atoms with van der Waals surface area (Å²) in [6, 6.07) is 6.01. The zero-order chi connectivity index (χ0) is 10.8. The average molecular weight is 206 g/mol.